The number of benzene rings is 1. The van der Waals surface area contributed by atoms with Crippen molar-refractivity contribution in [3.63, 3.8) is 0 Å². The topological polar surface area (TPSA) is 51.2 Å². The third-order valence-electron chi connectivity index (χ3n) is 2.50. The molecule has 0 aliphatic rings. The Morgan fingerprint density at radius 1 is 1.12 bits per heavy atom. The van der Waals surface area contributed by atoms with Crippen molar-refractivity contribution in [3.05, 3.63) is 54.0 Å². The van der Waals surface area contributed by atoms with Gasteiger partial charge in [-0.3, -0.25) is 0 Å². The Balaban J connectivity index is 1.74. The van der Waals surface area contributed by atoms with E-state index >= 15 is 0 Å². The lowest BCUT2D eigenvalue weighted by molar-refractivity contribution is 0.499. The van der Waals surface area contributed by atoms with Gasteiger partial charge in [0.2, 0.25) is 0 Å². The van der Waals surface area contributed by atoms with Gasteiger partial charge < -0.3 is 15.5 Å². The third-order valence-corrected chi connectivity index (χ3v) is 2.50. The smallest absolute Gasteiger partial charge is 0.105 e. The van der Waals surface area contributed by atoms with Crippen molar-refractivity contribution in [1.29, 1.82) is 0 Å². The van der Waals surface area contributed by atoms with Crippen molar-refractivity contribution < 1.29 is 4.42 Å². The second-order valence-corrected chi connectivity index (χ2v) is 3.70. The summed E-state index contributed by atoms with van der Waals surface area (Å²) in [6, 6.07) is 11.8. The van der Waals surface area contributed by atoms with Gasteiger partial charge in [0.05, 0.1) is 6.26 Å². The lowest BCUT2D eigenvalue weighted by Crippen LogP contribution is -2.17. The molecule has 0 amide bonds. The molecule has 16 heavy (non-hydrogen) atoms. The van der Waals surface area contributed by atoms with Crippen molar-refractivity contribution in [2.24, 2.45) is 0 Å². The molecule has 0 atom stereocenters. The van der Waals surface area contributed by atoms with E-state index in [4.69, 9.17) is 10.2 Å². The zero-order valence-corrected chi connectivity index (χ0v) is 9.15. The molecule has 0 saturated carbocycles. The van der Waals surface area contributed by atoms with E-state index in [0.29, 0.717) is 0 Å². The fourth-order valence-electron chi connectivity index (χ4n) is 1.58. The standard InChI is InChI=1S/C13H16N2O/c14-13-6-2-1-4-11(13)10-15-8-7-12-5-3-9-16-12/h1-6,9,15H,7-8,10,14H2. The van der Waals surface area contributed by atoms with Gasteiger partial charge in [-0.2, -0.15) is 0 Å². The Morgan fingerprint density at radius 3 is 2.75 bits per heavy atom. The minimum atomic E-state index is 0.799. The number of nitrogen functional groups attached to an aromatic ring is 1. The highest BCUT2D eigenvalue weighted by molar-refractivity contribution is 5.46. The van der Waals surface area contributed by atoms with Gasteiger partial charge in [0.1, 0.15) is 5.76 Å². The lowest BCUT2D eigenvalue weighted by Gasteiger charge is -2.06. The van der Waals surface area contributed by atoms with Crippen molar-refractivity contribution in [2.45, 2.75) is 13.0 Å². The molecule has 1 aromatic carbocycles. The van der Waals surface area contributed by atoms with E-state index in [0.717, 1.165) is 36.5 Å². The van der Waals surface area contributed by atoms with Crippen LogP contribution in [-0.4, -0.2) is 6.54 Å². The van der Waals surface area contributed by atoms with Crippen LogP contribution in [0.25, 0.3) is 0 Å². The normalized spacial score (nSPS) is 10.5. The summed E-state index contributed by atoms with van der Waals surface area (Å²) in [6.07, 6.45) is 2.60. The van der Waals surface area contributed by atoms with E-state index in [1.807, 2.05) is 36.4 Å². The molecular weight excluding hydrogens is 200 g/mol. The average Bonchev–Trinajstić information content (AvgIpc) is 2.79. The summed E-state index contributed by atoms with van der Waals surface area (Å²) in [7, 11) is 0. The summed E-state index contributed by atoms with van der Waals surface area (Å²) in [5.41, 5.74) is 7.82. The molecular formula is C13H16N2O. The van der Waals surface area contributed by atoms with E-state index in [1.54, 1.807) is 6.26 Å². The van der Waals surface area contributed by atoms with Crippen LogP contribution in [0, 0.1) is 0 Å². The number of nitrogens with two attached hydrogens (primary N) is 1. The Hall–Kier alpha value is -1.74. The maximum atomic E-state index is 5.84. The molecule has 0 saturated heterocycles. The second-order valence-electron chi connectivity index (χ2n) is 3.70. The number of para-hydroxylation sites is 1. The zero-order chi connectivity index (χ0) is 11.2. The molecule has 2 rings (SSSR count). The fraction of sp³-hybridized carbons (Fsp3) is 0.231. The van der Waals surface area contributed by atoms with E-state index < -0.39 is 0 Å². The van der Waals surface area contributed by atoms with Gasteiger partial charge in [0, 0.05) is 25.2 Å². The van der Waals surface area contributed by atoms with Gasteiger partial charge in [0.15, 0.2) is 0 Å². The monoisotopic (exact) mass is 216 g/mol. The molecule has 0 aliphatic carbocycles. The Kier molecular flexibility index (Phi) is 3.62. The van der Waals surface area contributed by atoms with Crippen LogP contribution in [0.15, 0.2) is 47.1 Å². The van der Waals surface area contributed by atoms with Crippen molar-refractivity contribution >= 4 is 5.69 Å². The van der Waals surface area contributed by atoms with Crippen molar-refractivity contribution in [2.75, 3.05) is 12.3 Å². The maximum absolute atomic E-state index is 5.84. The Morgan fingerprint density at radius 2 is 2.00 bits per heavy atom. The first kappa shape index (κ1) is 10.8. The molecule has 1 heterocycles. The van der Waals surface area contributed by atoms with Crippen molar-refractivity contribution in [3.8, 4) is 0 Å². The highest BCUT2D eigenvalue weighted by Gasteiger charge is 1.98. The van der Waals surface area contributed by atoms with Crippen LogP contribution in [0.1, 0.15) is 11.3 Å². The first-order valence-electron chi connectivity index (χ1n) is 5.43. The summed E-state index contributed by atoms with van der Waals surface area (Å²) in [5.74, 6) is 1.01. The van der Waals surface area contributed by atoms with Gasteiger partial charge in [-0.15, -0.1) is 0 Å². The quantitative estimate of drug-likeness (QED) is 0.595. The highest BCUT2D eigenvalue weighted by Crippen LogP contribution is 2.09. The number of furan rings is 1. The number of hydrogen-bond acceptors (Lipinski definition) is 3. The van der Waals surface area contributed by atoms with Crippen LogP contribution < -0.4 is 11.1 Å². The minimum Gasteiger partial charge on any atom is -0.469 e. The zero-order valence-electron chi connectivity index (χ0n) is 9.15. The summed E-state index contributed by atoms with van der Waals surface area (Å²) < 4.78 is 5.24. The molecule has 0 bridgehead atoms. The lowest BCUT2D eigenvalue weighted by atomic mass is 10.2. The highest BCUT2D eigenvalue weighted by atomic mass is 16.3. The van der Waals surface area contributed by atoms with Crippen LogP contribution >= 0.6 is 0 Å². The molecule has 1 aromatic heterocycles. The summed E-state index contributed by atoms with van der Waals surface area (Å²) in [5, 5.41) is 3.34. The van der Waals surface area contributed by atoms with Gasteiger partial charge in [-0.25, -0.2) is 0 Å². The van der Waals surface area contributed by atoms with Crippen molar-refractivity contribution in [1.82, 2.24) is 5.32 Å². The summed E-state index contributed by atoms with van der Waals surface area (Å²) >= 11 is 0. The van der Waals surface area contributed by atoms with Crippen LogP contribution in [0.4, 0.5) is 5.69 Å². The third kappa shape index (κ3) is 2.87. The van der Waals surface area contributed by atoms with Crippen LogP contribution in [0.3, 0.4) is 0 Å². The van der Waals surface area contributed by atoms with Crippen LogP contribution in [-0.2, 0) is 13.0 Å². The average molecular weight is 216 g/mol. The number of anilines is 1. The predicted molar refractivity (Wildman–Crippen MR) is 65.0 cm³/mol. The maximum Gasteiger partial charge on any atom is 0.105 e. The molecule has 0 unspecified atom stereocenters. The van der Waals surface area contributed by atoms with Crippen LogP contribution in [0.2, 0.25) is 0 Å². The van der Waals surface area contributed by atoms with Gasteiger partial charge >= 0.3 is 0 Å². The molecule has 0 radical (unpaired) electrons. The molecule has 3 N–H and O–H groups in total. The van der Waals surface area contributed by atoms with Gasteiger partial charge in [-0.05, 0) is 23.8 Å². The van der Waals surface area contributed by atoms with E-state index in [2.05, 4.69) is 5.32 Å². The van der Waals surface area contributed by atoms with Gasteiger partial charge in [0.25, 0.3) is 0 Å². The molecule has 0 aliphatic heterocycles. The molecule has 3 heteroatoms. The van der Waals surface area contributed by atoms with E-state index in [9.17, 15) is 0 Å². The predicted octanol–water partition coefficient (Wildman–Crippen LogP) is 2.19. The number of rotatable bonds is 5. The molecule has 2 aromatic rings. The Bertz CT molecular complexity index is 423. The summed E-state index contributed by atoms with van der Waals surface area (Å²) in [6.45, 7) is 1.69. The molecule has 84 valence electrons. The molecule has 0 spiro atoms. The minimum absolute atomic E-state index is 0.799. The first-order chi connectivity index (χ1) is 7.86. The van der Waals surface area contributed by atoms with E-state index in [1.165, 1.54) is 0 Å². The molecule has 3 nitrogen and oxygen atoms in total. The fourth-order valence-corrected chi connectivity index (χ4v) is 1.58. The molecule has 0 fully saturated rings. The van der Waals surface area contributed by atoms with E-state index in [-0.39, 0.29) is 0 Å². The first-order valence-corrected chi connectivity index (χ1v) is 5.43. The number of nitrogens with one attached hydrogen (secondary N) is 1. The van der Waals surface area contributed by atoms with Crippen LogP contribution in [0.5, 0.6) is 0 Å². The van der Waals surface area contributed by atoms with Gasteiger partial charge in [-0.1, -0.05) is 18.2 Å². The Labute approximate surface area is 95.3 Å². The number of hydrogen-bond donors (Lipinski definition) is 2. The largest absolute Gasteiger partial charge is 0.469 e. The second kappa shape index (κ2) is 5.37. The SMILES string of the molecule is Nc1ccccc1CNCCc1ccco1. The summed E-state index contributed by atoms with van der Waals surface area (Å²) in [4.78, 5) is 0.